The highest BCUT2D eigenvalue weighted by Crippen LogP contribution is 2.35. The molecule has 0 spiro atoms. The van der Waals surface area contributed by atoms with E-state index in [-0.39, 0.29) is 18.3 Å². The van der Waals surface area contributed by atoms with Crippen LogP contribution in [0.25, 0.3) is 0 Å². The Morgan fingerprint density at radius 3 is 2.71 bits per heavy atom. The normalized spacial score (nSPS) is 17.2. The molecule has 0 saturated heterocycles. The maximum atomic E-state index is 13.3. The zero-order valence-electron chi connectivity index (χ0n) is 11.6. The molecule has 3 nitrogen and oxygen atoms in total. The molecule has 2 aromatic rings. The highest BCUT2D eigenvalue weighted by atomic mass is 19.1. The number of hydrogen-bond acceptors (Lipinski definition) is 3. The van der Waals surface area contributed by atoms with Crippen molar-refractivity contribution in [1.82, 2.24) is 0 Å². The van der Waals surface area contributed by atoms with Crippen molar-refractivity contribution in [2.75, 3.05) is 7.11 Å². The maximum absolute atomic E-state index is 13.3. The van der Waals surface area contributed by atoms with Gasteiger partial charge in [0.25, 0.3) is 0 Å². The summed E-state index contributed by atoms with van der Waals surface area (Å²) >= 11 is 0. The Hall–Kier alpha value is -2.20. The summed E-state index contributed by atoms with van der Waals surface area (Å²) in [6, 6.07) is 11.7. The minimum Gasteiger partial charge on any atom is -0.484 e. The molecule has 0 saturated carbocycles. The number of Topliss-reactive ketones (excluding diaryl/α,β-unsaturated/α-hetero) is 1. The molecule has 0 radical (unpaired) electrons. The van der Waals surface area contributed by atoms with Crippen LogP contribution in [-0.4, -0.2) is 12.9 Å². The lowest BCUT2D eigenvalue weighted by Gasteiger charge is -2.25. The summed E-state index contributed by atoms with van der Waals surface area (Å²) in [4.78, 5) is 12.1. The molecule has 1 heterocycles. The molecule has 1 aliphatic heterocycles. The fourth-order valence-electron chi connectivity index (χ4n) is 2.48. The van der Waals surface area contributed by atoms with Crippen LogP contribution in [0.1, 0.15) is 34.0 Å². The lowest BCUT2D eigenvalue weighted by atomic mass is 9.96. The molecule has 2 aromatic carbocycles. The second-order valence-corrected chi connectivity index (χ2v) is 5.05. The van der Waals surface area contributed by atoms with E-state index in [1.165, 1.54) is 18.2 Å². The Labute approximate surface area is 122 Å². The molecular formula is C17H15FO3. The van der Waals surface area contributed by atoms with E-state index in [4.69, 9.17) is 9.47 Å². The minimum atomic E-state index is -0.405. The molecule has 21 heavy (non-hydrogen) atoms. The van der Waals surface area contributed by atoms with Gasteiger partial charge in [-0.05, 0) is 23.3 Å². The van der Waals surface area contributed by atoms with Crippen LogP contribution in [0.15, 0.2) is 42.5 Å². The van der Waals surface area contributed by atoms with Crippen molar-refractivity contribution in [2.24, 2.45) is 0 Å². The number of carbonyl (C=O) groups excluding carboxylic acids is 1. The van der Waals surface area contributed by atoms with Gasteiger partial charge in [-0.3, -0.25) is 4.79 Å². The first-order chi connectivity index (χ1) is 10.2. The molecule has 0 bridgehead atoms. The van der Waals surface area contributed by atoms with Crippen LogP contribution in [0.2, 0.25) is 0 Å². The van der Waals surface area contributed by atoms with Crippen molar-refractivity contribution in [1.29, 1.82) is 0 Å². The van der Waals surface area contributed by atoms with Crippen molar-refractivity contribution in [3.63, 3.8) is 0 Å². The number of carbonyl (C=O) groups is 1. The molecule has 3 rings (SSSR count). The number of rotatable bonds is 3. The van der Waals surface area contributed by atoms with Gasteiger partial charge in [-0.2, -0.15) is 0 Å². The lowest BCUT2D eigenvalue weighted by molar-refractivity contribution is 0.0849. The van der Waals surface area contributed by atoms with Gasteiger partial charge in [0.1, 0.15) is 17.7 Å². The summed E-state index contributed by atoms with van der Waals surface area (Å²) in [6.07, 6.45) is -0.106. The molecule has 0 fully saturated rings. The molecule has 1 atom stereocenters. The van der Waals surface area contributed by atoms with E-state index in [0.29, 0.717) is 17.9 Å². The molecule has 0 amide bonds. The average Bonchev–Trinajstić information content (AvgIpc) is 2.48. The molecular weight excluding hydrogens is 271 g/mol. The third-order valence-corrected chi connectivity index (χ3v) is 3.55. The number of methoxy groups -OCH3 is 1. The number of halogens is 1. The van der Waals surface area contributed by atoms with Gasteiger partial charge in [-0.25, -0.2) is 4.39 Å². The van der Waals surface area contributed by atoms with Crippen LogP contribution in [-0.2, 0) is 11.3 Å². The van der Waals surface area contributed by atoms with E-state index in [1.807, 2.05) is 24.3 Å². The Morgan fingerprint density at radius 2 is 2.00 bits per heavy atom. The van der Waals surface area contributed by atoms with E-state index in [2.05, 4.69) is 0 Å². The predicted octanol–water partition coefficient (Wildman–Crippen LogP) is 3.68. The second-order valence-electron chi connectivity index (χ2n) is 5.05. The number of fused-ring (bicyclic) bond motifs is 1. The lowest BCUT2D eigenvalue weighted by Crippen LogP contribution is -2.20. The minimum absolute atomic E-state index is 0.0257. The Morgan fingerprint density at radius 1 is 1.24 bits per heavy atom. The van der Waals surface area contributed by atoms with Crippen LogP contribution >= 0.6 is 0 Å². The standard InChI is InChI=1S/C17H15FO3/c1-20-10-11-2-4-12(5-3-11)16-9-15(19)14-7-6-13(18)8-17(14)21-16/h2-8,16H,9-10H2,1H3. The van der Waals surface area contributed by atoms with Gasteiger partial charge < -0.3 is 9.47 Å². The predicted molar refractivity (Wildman–Crippen MR) is 75.9 cm³/mol. The zero-order valence-corrected chi connectivity index (χ0v) is 11.6. The smallest absolute Gasteiger partial charge is 0.170 e. The summed E-state index contributed by atoms with van der Waals surface area (Å²) in [5.41, 5.74) is 2.40. The third kappa shape index (κ3) is 2.81. The molecule has 0 aliphatic carbocycles. The van der Waals surface area contributed by atoms with Crippen molar-refractivity contribution >= 4 is 5.78 Å². The molecule has 0 aromatic heterocycles. The summed E-state index contributed by atoms with van der Waals surface area (Å²) in [5.74, 6) is -0.114. The monoisotopic (exact) mass is 286 g/mol. The first-order valence-electron chi connectivity index (χ1n) is 6.74. The van der Waals surface area contributed by atoms with Crippen molar-refractivity contribution in [3.8, 4) is 5.75 Å². The van der Waals surface area contributed by atoms with Crippen LogP contribution in [0.4, 0.5) is 4.39 Å². The molecule has 1 aliphatic rings. The van der Waals surface area contributed by atoms with Gasteiger partial charge >= 0.3 is 0 Å². The van der Waals surface area contributed by atoms with Crippen molar-refractivity contribution in [3.05, 3.63) is 65.0 Å². The summed E-state index contributed by atoms with van der Waals surface area (Å²) < 4.78 is 24.1. The molecule has 1 unspecified atom stereocenters. The Kier molecular flexibility index (Phi) is 3.71. The van der Waals surface area contributed by atoms with Gasteiger partial charge in [-0.1, -0.05) is 24.3 Å². The van der Waals surface area contributed by atoms with E-state index >= 15 is 0 Å². The summed E-state index contributed by atoms with van der Waals surface area (Å²) in [6.45, 7) is 0.540. The quantitative estimate of drug-likeness (QED) is 0.863. The first-order valence-corrected chi connectivity index (χ1v) is 6.74. The fraction of sp³-hybridized carbons (Fsp3) is 0.235. The van der Waals surface area contributed by atoms with Crippen molar-refractivity contribution < 1.29 is 18.7 Å². The van der Waals surface area contributed by atoms with Gasteiger partial charge in [-0.15, -0.1) is 0 Å². The van der Waals surface area contributed by atoms with Crippen LogP contribution < -0.4 is 4.74 Å². The van der Waals surface area contributed by atoms with Crippen LogP contribution in [0, 0.1) is 5.82 Å². The molecule has 4 heteroatoms. The van der Waals surface area contributed by atoms with Gasteiger partial charge in [0, 0.05) is 13.2 Å². The fourth-order valence-corrected chi connectivity index (χ4v) is 2.48. The maximum Gasteiger partial charge on any atom is 0.170 e. The Bertz CT molecular complexity index is 664. The zero-order chi connectivity index (χ0) is 14.8. The van der Waals surface area contributed by atoms with Crippen LogP contribution in [0.3, 0.4) is 0 Å². The highest BCUT2D eigenvalue weighted by Gasteiger charge is 2.27. The molecule has 108 valence electrons. The Balaban J connectivity index is 1.86. The summed E-state index contributed by atoms with van der Waals surface area (Å²) in [5, 5.41) is 0. The summed E-state index contributed by atoms with van der Waals surface area (Å²) in [7, 11) is 1.64. The van der Waals surface area contributed by atoms with E-state index in [9.17, 15) is 9.18 Å². The van der Waals surface area contributed by atoms with Gasteiger partial charge in [0.2, 0.25) is 0 Å². The van der Waals surface area contributed by atoms with Crippen molar-refractivity contribution in [2.45, 2.75) is 19.1 Å². The third-order valence-electron chi connectivity index (χ3n) is 3.55. The SMILES string of the molecule is COCc1ccc(C2CC(=O)c3ccc(F)cc3O2)cc1. The van der Waals surface area contributed by atoms with E-state index in [1.54, 1.807) is 7.11 Å². The van der Waals surface area contributed by atoms with Crippen LogP contribution in [0.5, 0.6) is 5.75 Å². The van der Waals surface area contributed by atoms with Gasteiger partial charge in [0.05, 0.1) is 18.6 Å². The number of ketones is 1. The van der Waals surface area contributed by atoms with E-state index in [0.717, 1.165) is 11.1 Å². The first kappa shape index (κ1) is 13.8. The second kappa shape index (κ2) is 5.66. The number of hydrogen-bond donors (Lipinski definition) is 0. The average molecular weight is 286 g/mol. The highest BCUT2D eigenvalue weighted by molar-refractivity contribution is 5.99. The largest absolute Gasteiger partial charge is 0.484 e. The topological polar surface area (TPSA) is 35.5 Å². The number of benzene rings is 2. The number of ether oxygens (including phenoxy) is 2. The van der Waals surface area contributed by atoms with E-state index < -0.39 is 5.82 Å². The molecule has 0 N–H and O–H groups in total. The van der Waals surface area contributed by atoms with Gasteiger partial charge in [0.15, 0.2) is 5.78 Å².